The van der Waals surface area contributed by atoms with Crippen molar-refractivity contribution >= 4 is 46.9 Å². The number of quaternary nitrogens is 1. The number of imide groups is 2. The maximum atomic E-state index is 13.0. The molecule has 5 amide bonds. The third-order valence-corrected chi connectivity index (χ3v) is 5.10. The van der Waals surface area contributed by atoms with Crippen molar-refractivity contribution in [2.75, 3.05) is 11.4 Å². The average Bonchev–Trinajstić information content (AvgIpc) is 3.23. The number of hydrogen-bond donors (Lipinski definition) is 1. The van der Waals surface area contributed by atoms with Gasteiger partial charge >= 0.3 is 12.1 Å². The number of hydrogen-bond acceptors (Lipinski definition) is 3. The number of carbonyl (C=O) groups is 3. The normalized spacial score (nSPS) is 25.8. The second kappa shape index (κ2) is 5.47. The minimum absolute atomic E-state index is 0.224. The Morgan fingerprint density at radius 1 is 1.26 bits per heavy atom. The van der Waals surface area contributed by atoms with Crippen LogP contribution in [0.25, 0.3) is 0 Å². The lowest BCUT2D eigenvalue weighted by atomic mass is 10.1. The number of urea groups is 2. The summed E-state index contributed by atoms with van der Waals surface area (Å²) < 4.78 is -0.673. The first-order chi connectivity index (χ1) is 10.8. The molecule has 0 aromatic heterocycles. The number of amides is 5. The van der Waals surface area contributed by atoms with Gasteiger partial charge in [0.1, 0.15) is 6.04 Å². The summed E-state index contributed by atoms with van der Waals surface area (Å²) in [4.78, 5) is 38.5. The van der Waals surface area contributed by atoms with Gasteiger partial charge in [-0.1, -0.05) is 23.2 Å². The molecular weight excluding hydrogens is 341 g/mol. The molecule has 2 fully saturated rings. The second-order valence-corrected chi connectivity index (χ2v) is 6.96. The number of anilines is 1. The molecule has 2 unspecified atom stereocenters. The topological polar surface area (TPSA) is 80.5 Å². The molecule has 1 aliphatic heterocycles. The van der Waals surface area contributed by atoms with Crippen molar-refractivity contribution in [3.05, 3.63) is 28.2 Å². The molecule has 0 bridgehead atoms. The predicted octanol–water partition coefficient (Wildman–Crippen LogP) is 3.15. The van der Waals surface area contributed by atoms with Crippen LogP contribution in [-0.4, -0.2) is 35.0 Å². The number of nitrogens with two attached hydrogens (primary N) is 1. The Balaban J connectivity index is 2.05. The number of primary amides is 1. The molecule has 2 aliphatic rings. The van der Waals surface area contributed by atoms with Crippen molar-refractivity contribution in [1.82, 2.24) is 0 Å². The summed E-state index contributed by atoms with van der Waals surface area (Å²) >= 11 is 11.9. The Bertz CT molecular complexity index is 700. The average molecular weight is 357 g/mol. The summed E-state index contributed by atoms with van der Waals surface area (Å²) in [6, 6.07) is 2.65. The minimum Gasteiger partial charge on any atom is -0.318 e. The Kier molecular flexibility index (Phi) is 3.86. The third kappa shape index (κ3) is 2.51. The molecule has 0 spiro atoms. The van der Waals surface area contributed by atoms with E-state index < -0.39 is 22.5 Å². The minimum atomic E-state index is -0.807. The van der Waals surface area contributed by atoms with Gasteiger partial charge in [0.2, 0.25) is 0 Å². The fourth-order valence-corrected chi connectivity index (χ4v) is 3.70. The summed E-state index contributed by atoms with van der Waals surface area (Å²) in [5, 5.41) is 0.597. The number of carbonyl (C=O) groups excluding carboxylic acids is 3. The van der Waals surface area contributed by atoms with Crippen molar-refractivity contribution in [3.63, 3.8) is 0 Å². The third-order valence-electron chi connectivity index (χ3n) is 4.66. The van der Waals surface area contributed by atoms with Gasteiger partial charge in [0.15, 0.2) is 6.54 Å². The van der Waals surface area contributed by atoms with Gasteiger partial charge in [-0.15, -0.1) is 4.48 Å². The van der Waals surface area contributed by atoms with Crippen LogP contribution in [-0.2, 0) is 4.79 Å². The van der Waals surface area contributed by atoms with E-state index in [-0.39, 0.29) is 24.2 Å². The summed E-state index contributed by atoms with van der Waals surface area (Å²) in [6.45, 7) is 1.53. The van der Waals surface area contributed by atoms with Gasteiger partial charge < -0.3 is 5.73 Å². The van der Waals surface area contributed by atoms with Crippen molar-refractivity contribution in [3.8, 4) is 0 Å². The van der Waals surface area contributed by atoms with E-state index in [1.54, 1.807) is 6.92 Å². The standard InChI is InChI=1S/C15H15Cl2N3O3/c1-8(9-2-3-9)20(14(18)22)7-13(21)19(15(20)23)12-5-10(16)4-11(17)6-12/h4-6,8-9H,2-3,7H2,1H3,(H-,18,22)/p+1. The maximum absolute atomic E-state index is 13.0. The highest BCUT2D eigenvalue weighted by Gasteiger charge is 2.62. The van der Waals surface area contributed by atoms with Crippen LogP contribution in [0, 0.1) is 5.92 Å². The molecule has 2 atom stereocenters. The molecule has 8 heteroatoms. The van der Waals surface area contributed by atoms with Crippen molar-refractivity contribution in [2.45, 2.75) is 25.8 Å². The van der Waals surface area contributed by atoms with Gasteiger partial charge in [-0.2, -0.15) is 4.90 Å². The molecule has 1 heterocycles. The number of halogens is 2. The Hall–Kier alpha value is -1.63. The predicted molar refractivity (Wildman–Crippen MR) is 86.2 cm³/mol. The fourth-order valence-electron chi connectivity index (χ4n) is 3.19. The maximum Gasteiger partial charge on any atom is 0.440 e. The quantitative estimate of drug-likeness (QED) is 0.667. The van der Waals surface area contributed by atoms with E-state index in [2.05, 4.69) is 0 Å². The molecule has 122 valence electrons. The summed E-state index contributed by atoms with van der Waals surface area (Å²) in [6.07, 6.45) is 1.86. The molecule has 1 aromatic carbocycles. The smallest absolute Gasteiger partial charge is 0.318 e. The zero-order chi connectivity index (χ0) is 16.9. The van der Waals surface area contributed by atoms with E-state index in [4.69, 9.17) is 28.9 Å². The Labute approximate surface area is 143 Å². The number of nitrogens with zero attached hydrogens (tertiary/aromatic N) is 2. The molecule has 6 nitrogen and oxygen atoms in total. The first-order valence-electron chi connectivity index (χ1n) is 7.28. The molecule has 3 rings (SSSR count). The number of benzene rings is 1. The van der Waals surface area contributed by atoms with E-state index in [1.165, 1.54) is 18.2 Å². The second-order valence-electron chi connectivity index (χ2n) is 6.08. The van der Waals surface area contributed by atoms with Crippen LogP contribution in [0.4, 0.5) is 15.3 Å². The lowest BCUT2D eigenvalue weighted by Crippen LogP contribution is -2.63. The first-order valence-corrected chi connectivity index (χ1v) is 8.04. The Morgan fingerprint density at radius 3 is 2.30 bits per heavy atom. The molecule has 23 heavy (non-hydrogen) atoms. The highest BCUT2D eigenvalue weighted by atomic mass is 35.5. The van der Waals surface area contributed by atoms with E-state index in [0.717, 1.165) is 17.7 Å². The van der Waals surface area contributed by atoms with E-state index >= 15 is 0 Å². The van der Waals surface area contributed by atoms with Crippen LogP contribution >= 0.6 is 23.2 Å². The van der Waals surface area contributed by atoms with Crippen LogP contribution in [0.3, 0.4) is 0 Å². The van der Waals surface area contributed by atoms with Crippen LogP contribution in [0.15, 0.2) is 18.2 Å². The monoisotopic (exact) mass is 356 g/mol. The van der Waals surface area contributed by atoms with Gasteiger partial charge in [-0.05, 0) is 38.0 Å². The van der Waals surface area contributed by atoms with Crippen LogP contribution in [0.1, 0.15) is 19.8 Å². The highest BCUT2D eigenvalue weighted by molar-refractivity contribution is 6.35. The van der Waals surface area contributed by atoms with Crippen LogP contribution in [0.2, 0.25) is 10.0 Å². The number of rotatable bonds is 3. The van der Waals surface area contributed by atoms with E-state index in [9.17, 15) is 14.4 Å². The summed E-state index contributed by atoms with van der Waals surface area (Å²) in [5.74, 6) is -0.262. The first kappa shape index (κ1) is 16.2. The summed E-state index contributed by atoms with van der Waals surface area (Å²) in [7, 11) is 0. The zero-order valence-corrected chi connectivity index (χ0v) is 14.0. The largest absolute Gasteiger partial charge is 0.440 e. The van der Waals surface area contributed by atoms with Gasteiger partial charge in [0.25, 0.3) is 5.91 Å². The van der Waals surface area contributed by atoms with Crippen LogP contribution in [0.5, 0.6) is 0 Å². The van der Waals surface area contributed by atoms with Gasteiger partial charge in [0.05, 0.1) is 5.69 Å². The van der Waals surface area contributed by atoms with Crippen molar-refractivity contribution in [2.24, 2.45) is 11.7 Å². The van der Waals surface area contributed by atoms with Crippen molar-refractivity contribution < 1.29 is 18.9 Å². The molecule has 1 saturated heterocycles. The SMILES string of the molecule is CC(C1CC1)[N+]1(C(N)=O)CC(=O)N(c2cc(Cl)cc(Cl)c2)C1=O. The molecule has 1 aliphatic carbocycles. The van der Waals surface area contributed by atoms with Gasteiger partial charge in [-0.25, -0.2) is 9.59 Å². The molecular formula is C15H16Cl2N3O3+. The lowest BCUT2D eigenvalue weighted by molar-refractivity contribution is -0.780. The zero-order valence-electron chi connectivity index (χ0n) is 12.5. The summed E-state index contributed by atoms with van der Waals surface area (Å²) in [5.41, 5.74) is 5.79. The molecule has 2 N–H and O–H groups in total. The molecule has 0 radical (unpaired) electrons. The van der Waals surface area contributed by atoms with E-state index in [0.29, 0.717) is 10.0 Å². The highest BCUT2D eigenvalue weighted by Crippen LogP contribution is 2.42. The molecule has 1 saturated carbocycles. The lowest BCUT2D eigenvalue weighted by Gasteiger charge is -2.31. The van der Waals surface area contributed by atoms with E-state index in [1.807, 2.05) is 0 Å². The van der Waals surface area contributed by atoms with Gasteiger partial charge in [-0.3, -0.25) is 4.79 Å². The van der Waals surface area contributed by atoms with Gasteiger partial charge in [0, 0.05) is 16.0 Å². The fraction of sp³-hybridized carbons (Fsp3) is 0.400. The molecule has 1 aromatic rings. The van der Waals surface area contributed by atoms with Crippen molar-refractivity contribution in [1.29, 1.82) is 0 Å². The van der Waals surface area contributed by atoms with Crippen LogP contribution < -0.4 is 10.6 Å². The Morgan fingerprint density at radius 2 is 1.83 bits per heavy atom.